The van der Waals surface area contributed by atoms with Gasteiger partial charge in [-0.25, -0.2) is 0 Å². The zero-order chi connectivity index (χ0) is 30.4. The largest absolute Gasteiger partial charge is 0.387 e. The minimum Gasteiger partial charge on any atom is -0.387 e. The van der Waals surface area contributed by atoms with Crippen molar-refractivity contribution < 1.29 is 9.59 Å². The van der Waals surface area contributed by atoms with Gasteiger partial charge in [0, 0.05) is 48.8 Å². The third kappa shape index (κ3) is 9.30. The number of nitrogens with one attached hydrogen (secondary N) is 3. The zero-order valence-electron chi connectivity index (χ0n) is 25.0. The highest BCUT2D eigenvalue weighted by atomic mass is 16.2. The van der Waals surface area contributed by atoms with Crippen molar-refractivity contribution >= 4 is 29.3 Å². The maximum atomic E-state index is 13.2. The molecule has 1 saturated heterocycles. The fourth-order valence-electron chi connectivity index (χ4n) is 4.53. The first kappa shape index (κ1) is 32.7. The summed E-state index contributed by atoms with van der Waals surface area (Å²) >= 11 is 0. The summed E-state index contributed by atoms with van der Waals surface area (Å²) in [5.74, 6) is 0.0299. The van der Waals surface area contributed by atoms with Gasteiger partial charge in [0.1, 0.15) is 6.29 Å². The quantitative estimate of drug-likeness (QED) is 0.216. The molecule has 0 aromatic heterocycles. The molecule has 3 rings (SSSR count). The second-order valence-electron chi connectivity index (χ2n) is 9.74. The molecule has 8 nitrogen and oxygen atoms in total. The van der Waals surface area contributed by atoms with E-state index in [2.05, 4.69) is 35.7 Å². The van der Waals surface area contributed by atoms with Crippen molar-refractivity contribution in [3.63, 3.8) is 0 Å². The first-order valence-electron chi connectivity index (χ1n) is 13.8. The second-order valence-corrected chi connectivity index (χ2v) is 9.74. The lowest BCUT2D eigenvalue weighted by atomic mass is 10.0. The number of carbonyl (C=O) groups is 2. The van der Waals surface area contributed by atoms with Crippen molar-refractivity contribution in [1.82, 2.24) is 15.1 Å². The fourth-order valence-corrected chi connectivity index (χ4v) is 4.53. The molecule has 0 radical (unpaired) electrons. The lowest BCUT2D eigenvalue weighted by Crippen LogP contribution is -2.44. The van der Waals surface area contributed by atoms with Gasteiger partial charge in [0.05, 0.1) is 22.9 Å². The van der Waals surface area contributed by atoms with Crippen LogP contribution < -0.4 is 10.6 Å². The number of anilines is 1. The molecular formula is C33H42N6O2. The van der Waals surface area contributed by atoms with E-state index >= 15 is 0 Å². The highest BCUT2D eigenvalue weighted by molar-refractivity contribution is 6.09. The number of piperidine rings is 1. The third-order valence-electron chi connectivity index (χ3n) is 6.95. The Morgan fingerprint density at radius 2 is 1.63 bits per heavy atom. The average molecular weight is 555 g/mol. The van der Waals surface area contributed by atoms with Crippen LogP contribution in [0.4, 0.5) is 5.69 Å². The van der Waals surface area contributed by atoms with Crippen LogP contribution in [0.2, 0.25) is 0 Å². The van der Waals surface area contributed by atoms with Gasteiger partial charge in [-0.1, -0.05) is 30.4 Å². The van der Waals surface area contributed by atoms with E-state index in [-0.39, 0.29) is 5.91 Å². The van der Waals surface area contributed by atoms with Crippen LogP contribution in [0.5, 0.6) is 0 Å². The molecule has 3 N–H and O–H groups in total. The summed E-state index contributed by atoms with van der Waals surface area (Å²) in [6.07, 6.45) is 10.2. The van der Waals surface area contributed by atoms with Crippen LogP contribution in [0.3, 0.4) is 0 Å². The van der Waals surface area contributed by atoms with E-state index in [4.69, 9.17) is 15.5 Å². The monoisotopic (exact) mass is 554 g/mol. The van der Waals surface area contributed by atoms with Gasteiger partial charge in [0.15, 0.2) is 0 Å². The van der Waals surface area contributed by atoms with Crippen LogP contribution in [0.1, 0.15) is 60.7 Å². The summed E-state index contributed by atoms with van der Waals surface area (Å²) < 4.78 is 0. The molecule has 1 fully saturated rings. The molecule has 41 heavy (non-hydrogen) atoms. The number of benzene rings is 2. The van der Waals surface area contributed by atoms with Crippen LogP contribution in [0, 0.1) is 16.7 Å². The Bertz CT molecular complexity index is 1320. The number of hydrogen-bond acceptors (Lipinski definition) is 7. The predicted octanol–water partition coefficient (Wildman–Crippen LogP) is 5.45. The number of rotatable bonds is 9. The number of nitrogens with zero attached hydrogens (tertiary/aromatic N) is 3. The van der Waals surface area contributed by atoms with E-state index in [1.807, 2.05) is 67.3 Å². The molecule has 1 heterocycles. The molecule has 2 aromatic rings. The minimum absolute atomic E-state index is 0.0299. The van der Waals surface area contributed by atoms with Gasteiger partial charge in [0.2, 0.25) is 0 Å². The lowest BCUT2D eigenvalue weighted by Gasteiger charge is -2.35. The van der Waals surface area contributed by atoms with Crippen molar-refractivity contribution in [1.29, 1.82) is 10.7 Å². The van der Waals surface area contributed by atoms with Gasteiger partial charge in [-0.05, 0) is 89.7 Å². The molecule has 0 saturated carbocycles. The number of allylic oxidation sites excluding steroid dienone is 4. The first-order chi connectivity index (χ1) is 19.7. The average Bonchev–Trinajstić information content (AvgIpc) is 3.01. The summed E-state index contributed by atoms with van der Waals surface area (Å²) in [6.45, 7) is 6.83. The number of carbonyl (C=O) groups excluding carboxylic acids is 2. The second kappa shape index (κ2) is 16.6. The molecule has 0 aliphatic carbocycles. The van der Waals surface area contributed by atoms with E-state index in [0.29, 0.717) is 22.9 Å². The van der Waals surface area contributed by atoms with Crippen molar-refractivity contribution in [2.24, 2.45) is 0 Å². The first-order valence-corrected chi connectivity index (χ1v) is 13.8. The van der Waals surface area contributed by atoms with E-state index in [0.717, 1.165) is 60.4 Å². The number of aldehydes is 1. The van der Waals surface area contributed by atoms with Crippen molar-refractivity contribution in [3.8, 4) is 6.07 Å². The summed E-state index contributed by atoms with van der Waals surface area (Å²) in [6, 6.07) is 15.6. The summed E-state index contributed by atoms with van der Waals surface area (Å²) in [5, 5.41) is 24.2. The molecule has 1 amide bonds. The molecule has 8 heteroatoms. The smallest absolute Gasteiger partial charge is 0.255 e. The van der Waals surface area contributed by atoms with Crippen LogP contribution in [-0.2, 0) is 4.79 Å². The number of likely N-dealkylation sites (tertiary alicyclic amines) is 1. The van der Waals surface area contributed by atoms with E-state index in [9.17, 15) is 4.79 Å². The van der Waals surface area contributed by atoms with E-state index in [1.54, 1.807) is 25.3 Å². The number of hydrogen-bond donors (Lipinski definition) is 3. The molecule has 2 aromatic carbocycles. The molecule has 1 aliphatic heterocycles. The Hall–Kier alpha value is -4.48. The van der Waals surface area contributed by atoms with Crippen molar-refractivity contribution in [3.05, 3.63) is 94.7 Å². The fraction of sp³-hybridized carbons (Fsp3) is 0.333. The third-order valence-corrected chi connectivity index (χ3v) is 6.95. The van der Waals surface area contributed by atoms with Crippen LogP contribution >= 0.6 is 0 Å². The molecule has 0 bridgehead atoms. The van der Waals surface area contributed by atoms with Gasteiger partial charge >= 0.3 is 0 Å². The van der Waals surface area contributed by atoms with Gasteiger partial charge in [0.25, 0.3) is 5.91 Å². The molecule has 0 spiro atoms. The van der Waals surface area contributed by atoms with E-state index in [1.165, 1.54) is 6.92 Å². The van der Waals surface area contributed by atoms with Gasteiger partial charge < -0.3 is 30.6 Å². The topological polar surface area (TPSA) is 112 Å². The highest BCUT2D eigenvalue weighted by Crippen LogP contribution is 2.23. The normalized spacial score (nSPS) is 14.2. The highest BCUT2D eigenvalue weighted by Gasteiger charge is 2.26. The van der Waals surface area contributed by atoms with Crippen LogP contribution in [-0.4, -0.2) is 68.0 Å². The molecule has 1 aliphatic rings. The number of nitriles is 1. The summed E-state index contributed by atoms with van der Waals surface area (Å²) in [4.78, 5) is 26.2. The van der Waals surface area contributed by atoms with Crippen LogP contribution in [0.25, 0.3) is 5.70 Å². The summed E-state index contributed by atoms with van der Waals surface area (Å²) in [5.41, 5.74) is 5.76. The van der Waals surface area contributed by atoms with Crippen molar-refractivity contribution in [2.75, 3.05) is 39.5 Å². The Balaban J connectivity index is 0.00000187. The molecule has 0 atom stereocenters. The SMILES string of the molecule is C/C=C(\NC(/C=C\C(=N)c1ccc(C(=O)N2CCC(N(C)C)CC2)c(NC)c1)=C/C)c1ccc(C#N)cc1.CC=O. The predicted molar refractivity (Wildman–Crippen MR) is 168 cm³/mol. The minimum atomic E-state index is 0.0299. The Morgan fingerprint density at radius 3 is 2.15 bits per heavy atom. The van der Waals surface area contributed by atoms with Crippen molar-refractivity contribution in [2.45, 2.75) is 39.7 Å². The Kier molecular flexibility index (Phi) is 13.2. The van der Waals surface area contributed by atoms with Gasteiger partial charge in [-0.2, -0.15) is 5.26 Å². The van der Waals surface area contributed by atoms with Crippen LogP contribution in [0.15, 0.2) is 72.5 Å². The lowest BCUT2D eigenvalue weighted by molar-refractivity contribution is -0.106. The summed E-state index contributed by atoms with van der Waals surface area (Å²) in [7, 11) is 5.98. The Labute approximate surface area is 244 Å². The zero-order valence-corrected chi connectivity index (χ0v) is 25.0. The van der Waals surface area contributed by atoms with E-state index < -0.39 is 0 Å². The van der Waals surface area contributed by atoms with Gasteiger partial charge in [-0.15, -0.1) is 0 Å². The Morgan fingerprint density at radius 1 is 1.02 bits per heavy atom. The van der Waals surface area contributed by atoms with Gasteiger partial charge in [-0.3, -0.25) is 4.79 Å². The maximum absolute atomic E-state index is 13.2. The molecule has 0 unspecified atom stereocenters. The molecular weight excluding hydrogens is 512 g/mol. The maximum Gasteiger partial charge on any atom is 0.255 e. The number of amides is 1. The standard InChI is InChI=1S/C31H38N6O.C2H4O/c1-6-25(35-29(7-2)23-10-8-22(21-32)9-11-23)13-15-28(33)24-12-14-27(30(20-24)34-3)31(38)37-18-16-26(17-19-37)36(4)5;1-2-3/h6-15,20,26,33-35H,16-19H2,1-5H3;2H,1H3/b15-13-,25-6+,29-7-,33-28?;. The molecule has 216 valence electrons.